The molecule has 21 heavy (non-hydrogen) atoms. The van der Waals surface area contributed by atoms with Gasteiger partial charge in [0.05, 0.1) is 5.54 Å². The van der Waals surface area contributed by atoms with E-state index in [0.717, 1.165) is 48.3 Å². The van der Waals surface area contributed by atoms with Crippen LogP contribution in [0.1, 0.15) is 56.6 Å². The summed E-state index contributed by atoms with van der Waals surface area (Å²) in [5, 5.41) is 0. The molecule has 1 aromatic carbocycles. The minimum Gasteiger partial charge on any atom is -0.486 e. The van der Waals surface area contributed by atoms with E-state index in [9.17, 15) is 4.79 Å². The summed E-state index contributed by atoms with van der Waals surface area (Å²) in [6, 6.07) is 4.02. The molecule has 4 heteroatoms. The molecule has 3 rings (SSSR count). The lowest BCUT2D eigenvalue weighted by Crippen LogP contribution is -2.24. The summed E-state index contributed by atoms with van der Waals surface area (Å²) in [6.07, 6.45) is 5.80. The summed E-state index contributed by atoms with van der Waals surface area (Å²) in [4.78, 5) is 15.2. The van der Waals surface area contributed by atoms with Gasteiger partial charge in [0.2, 0.25) is 6.08 Å². The maximum atomic E-state index is 11.0. The minimum atomic E-state index is -0.419. The summed E-state index contributed by atoms with van der Waals surface area (Å²) in [5.74, 6) is 1.93. The first-order valence-corrected chi connectivity index (χ1v) is 7.70. The number of benzene rings is 1. The number of fused-ring (bicyclic) bond motifs is 1. The molecule has 2 aliphatic rings. The van der Waals surface area contributed by atoms with E-state index in [2.05, 4.69) is 24.9 Å². The van der Waals surface area contributed by atoms with Crippen LogP contribution >= 0.6 is 0 Å². The highest BCUT2D eigenvalue weighted by molar-refractivity contribution is 5.56. The molecule has 0 amide bonds. The van der Waals surface area contributed by atoms with Crippen LogP contribution in [0.3, 0.4) is 0 Å². The number of carbonyl (C=O) groups excluding carboxylic acids is 1. The Balaban J connectivity index is 2.20. The molecule has 0 spiro atoms. The van der Waals surface area contributed by atoms with Crippen LogP contribution in [0.5, 0.6) is 11.5 Å². The van der Waals surface area contributed by atoms with Crippen molar-refractivity contribution in [3.63, 3.8) is 0 Å². The Hall–Kier alpha value is -1.80. The fourth-order valence-corrected chi connectivity index (χ4v) is 3.61. The number of rotatable bonds is 3. The zero-order chi connectivity index (χ0) is 14.9. The topological polar surface area (TPSA) is 47.9 Å². The van der Waals surface area contributed by atoms with Gasteiger partial charge >= 0.3 is 0 Å². The van der Waals surface area contributed by atoms with E-state index in [1.807, 2.05) is 6.07 Å². The van der Waals surface area contributed by atoms with Gasteiger partial charge in [0, 0.05) is 5.56 Å². The molecular weight excluding hydrogens is 266 g/mol. The molecule has 0 aromatic heterocycles. The summed E-state index contributed by atoms with van der Waals surface area (Å²) in [7, 11) is 0. The lowest BCUT2D eigenvalue weighted by atomic mass is 9.81. The third kappa shape index (κ3) is 2.34. The van der Waals surface area contributed by atoms with Crippen molar-refractivity contribution >= 4 is 6.08 Å². The predicted molar refractivity (Wildman–Crippen MR) is 79.8 cm³/mol. The number of isocyanates is 1. The normalized spacial score (nSPS) is 19.4. The summed E-state index contributed by atoms with van der Waals surface area (Å²) < 4.78 is 11.6. The second-order valence-corrected chi connectivity index (χ2v) is 6.15. The van der Waals surface area contributed by atoms with E-state index in [1.165, 1.54) is 0 Å². The van der Waals surface area contributed by atoms with Crippen molar-refractivity contribution in [2.45, 2.75) is 51.0 Å². The van der Waals surface area contributed by atoms with Crippen LogP contribution < -0.4 is 9.47 Å². The number of aliphatic imine (C=N–C) groups is 1. The van der Waals surface area contributed by atoms with E-state index in [4.69, 9.17) is 9.47 Å². The number of hydrogen-bond donors (Lipinski definition) is 0. The van der Waals surface area contributed by atoms with Crippen LogP contribution in [0.2, 0.25) is 0 Å². The molecule has 4 nitrogen and oxygen atoms in total. The van der Waals surface area contributed by atoms with Gasteiger partial charge in [0.15, 0.2) is 11.5 Å². The first kappa shape index (κ1) is 14.2. The van der Waals surface area contributed by atoms with Gasteiger partial charge in [0.25, 0.3) is 0 Å². The molecule has 0 unspecified atom stereocenters. The number of ether oxygens (including phenoxy) is 2. The standard InChI is InChI=1S/C17H21NO3/c1-12(2)15-13(17(18-11-19)7-3-4-8-17)5-6-14-16(15)21-10-9-20-14/h5-6,12H,3-4,7-10H2,1-2H3. The Bertz CT molecular complexity index is 582. The first-order chi connectivity index (χ1) is 10.2. The zero-order valence-corrected chi connectivity index (χ0v) is 12.6. The van der Waals surface area contributed by atoms with Crippen molar-refractivity contribution < 1.29 is 14.3 Å². The molecule has 0 saturated heterocycles. The monoisotopic (exact) mass is 287 g/mol. The number of hydrogen-bond acceptors (Lipinski definition) is 4. The van der Waals surface area contributed by atoms with Gasteiger partial charge < -0.3 is 9.47 Å². The lowest BCUT2D eigenvalue weighted by molar-refractivity contribution is 0.168. The van der Waals surface area contributed by atoms with Crippen LogP contribution in [-0.4, -0.2) is 19.3 Å². The van der Waals surface area contributed by atoms with E-state index in [-0.39, 0.29) is 5.92 Å². The van der Waals surface area contributed by atoms with Gasteiger partial charge in [-0.2, -0.15) is 4.99 Å². The van der Waals surface area contributed by atoms with Gasteiger partial charge in [-0.05, 0) is 30.4 Å². The Morgan fingerprint density at radius 2 is 1.90 bits per heavy atom. The third-order valence-electron chi connectivity index (χ3n) is 4.52. The maximum Gasteiger partial charge on any atom is 0.235 e. The molecule has 112 valence electrons. The smallest absolute Gasteiger partial charge is 0.235 e. The molecule has 1 aliphatic heterocycles. The first-order valence-electron chi connectivity index (χ1n) is 7.70. The Kier molecular flexibility index (Phi) is 3.73. The molecular formula is C17H21NO3. The Morgan fingerprint density at radius 3 is 2.57 bits per heavy atom. The Morgan fingerprint density at radius 1 is 1.19 bits per heavy atom. The number of nitrogens with zero attached hydrogens (tertiary/aromatic N) is 1. The summed E-state index contributed by atoms with van der Waals surface area (Å²) >= 11 is 0. The average Bonchev–Trinajstić information content (AvgIpc) is 2.96. The van der Waals surface area contributed by atoms with E-state index in [1.54, 1.807) is 6.08 Å². The maximum absolute atomic E-state index is 11.0. The van der Waals surface area contributed by atoms with Crippen molar-refractivity contribution in [1.82, 2.24) is 0 Å². The highest BCUT2D eigenvalue weighted by atomic mass is 16.6. The van der Waals surface area contributed by atoms with E-state index < -0.39 is 5.54 Å². The Labute approximate surface area is 125 Å². The summed E-state index contributed by atoms with van der Waals surface area (Å²) in [6.45, 7) is 5.44. The highest BCUT2D eigenvalue weighted by Crippen LogP contribution is 2.49. The molecule has 1 fully saturated rings. The third-order valence-corrected chi connectivity index (χ3v) is 4.52. The van der Waals surface area contributed by atoms with Crippen LogP contribution in [0, 0.1) is 0 Å². The van der Waals surface area contributed by atoms with Crippen molar-refractivity contribution in [3.8, 4) is 11.5 Å². The molecule has 1 heterocycles. The molecule has 0 bridgehead atoms. The molecule has 0 atom stereocenters. The molecule has 1 aliphatic carbocycles. The molecule has 0 radical (unpaired) electrons. The largest absolute Gasteiger partial charge is 0.486 e. The van der Waals surface area contributed by atoms with Gasteiger partial charge in [-0.15, -0.1) is 0 Å². The van der Waals surface area contributed by atoms with E-state index >= 15 is 0 Å². The fraction of sp³-hybridized carbons (Fsp3) is 0.588. The predicted octanol–water partition coefficient (Wildman–Crippen LogP) is 3.69. The molecule has 0 N–H and O–H groups in total. The minimum absolute atomic E-state index is 0.288. The van der Waals surface area contributed by atoms with Crippen molar-refractivity contribution in [3.05, 3.63) is 23.3 Å². The highest BCUT2D eigenvalue weighted by Gasteiger charge is 2.39. The van der Waals surface area contributed by atoms with E-state index in [0.29, 0.717) is 13.2 Å². The van der Waals surface area contributed by atoms with Crippen LogP contribution in [0.15, 0.2) is 17.1 Å². The fourth-order valence-electron chi connectivity index (χ4n) is 3.61. The van der Waals surface area contributed by atoms with Crippen molar-refractivity contribution in [2.24, 2.45) is 4.99 Å². The van der Waals surface area contributed by atoms with Gasteiger partial charge in [-0.3, -0.25) is 0 Å². The SMILES string of the molecule is CC(C)c1c(C2(N=C=O)CCCC2)ccc2c1OCCO2. The quantitative estimate of drug-likeness (QED) is 0.629. The lowest BCUT2D eigenvalue weighted by Gasteiger charge is -2.31. The average molecular weight is 287 g/mol. The van der Waals surface area contributed by atoms with Crippen molar-refractivity contribution in [1.29, 1.82) is 0 Å². The van der Waals surface area contributed by atoms with Gasteiger partial charge in [-0.25, -0.2) is 4.79 Å². The second-order valence-electron chi connectivity index (χ2n) is 6.15. The second kappa shape index (κ2) is 5.53. The molecule has 1 saturated carbocycles. The van der Waals surface area contributed by atoms with Crippen LogP contribution in [0.4, 0.5) is 0 Å². The molecule has 1 aromatic rings. The zero-order valence-electron chi connectivity index (χ0n) is 12.6. The van der Waals surface area contributed by atoms with Crippen molar-refractivity contribution in [2.75, 3.05) is 13.2 Å². The van der Waals surface area contributed by atoms with Crippen LogP contribution in [0.25, 0.3) is 0 Å². The summed E-state index contributed by atoms with van der Waals surface area (Å²) in [5.41, 5.74) is 1.83. The van der Waals surface area contributed by atoms with Gasteiger partial charge in [-0.1, -0.05) is 32.8 Å². The van der Waals surface area contributed by atoms with Crippen LogP contribution in [-0.2, 0) is 10.3 Å². The van der Waals surface area contributed by atoms with Gasteiger partial charge in [0.1, 0.15) is 13.2 Å².